The number of ether oxygens (including phenoxy) is 2. The average Bonchev–Trinajstić information content (AvgIpc) is 3.25. The fourth-order valence-electron chi connectivity index (χ4n) is 2.77. The van der Waals surface area contributed by atoms with E-state index in [1.165, 1.54) is 0 Å². The molecule has 6 heteroatoms. The summed E-state index contributed by atoms with van der Waals surface area (Å²) in [4.78, 5) is 13.1. The lowest BCUT2D eigenvalue weighted by Gasteiger charge is -2.20. The van der Waals surface area contributed by atoms with E-state index in [1.807, 2.05) is 35.7 Å². The predicted molar refractivity (Wildman–Crippen MR) is 83.3 cm³/mol. The number of carbonyl (C=O) groups is 1. The summed E-state index contributed by atoms with van der Waals surface area (Å²) in [6.07, 6.45) is 0.708. The van der Waals surface area contributed by atoms with Gasteiger partial charge in [-0.15, -0.1) is 11.3 Å². The smallest absolute Gasteiger partial charge is 0.240 e. The molecular formula is C16H14N2O3S. The zero-order valence-corrected chi connectivity index (χ0v) is 12.8. The fourth-order valence-corrected chi connectivity index (χ4v) is 3.49. The van der Waals surface area contributed by atoms with Crippen LogP contribution in [0.5, 0.6) is 11.5 Å². The van der Waals surface area contributed by atoms with E-state index in [-0.39, 0.29) is 18.7 Å². The van der Waals surface area contributed by atoms with Crippen LogP contribution >= 0.6 is 11.3 Å². The maximum atomic E-state index is 11.9. The first-order valence-electron chi connectivity index (χ1n) is 7.03. The number of hydrazone groups is 1. The third kappa shape index (κ3) is 2.16. The number of benzene rings is 1. The molecule has 0 radical (unpaired) electrons. The van der Waals surface area contributed by atoms with E-state index >= 15 is 0 Å². The Morgan fingerprint density at radius 3 is 2.95 bits per heavy atom. The van der Waals surface area contributed by atoms with Crippen LogP contribution in [0.2, 0.25) is 0 Å². The van der Waals surface area contributed by atoms with E-state index in [0.29, 0.717) is 6.42 Å². The van der Waals surface area contributed by atoms with E-state index in [1.54, 1.807) is 23.3 Å². The summed E-state index contributed by atoms with van der Waals surface area (Å²) < 4.78 is 10.8. The summed E-state index contributed by atoms with van der Waals surface area (Å²) >= 11 is 1.64. The Hall–Kier alpha value is -2.34. The Morgan fingerprint density at radius 2 is 2.18 bits per heavy atom. The number of carbonyl (C=O) groups excluding carboxylic acids is 1. The lowest BCUT2D eigenvalue weighted by atomic mass is 10.0. The Morgan fingerprint density at radius 1 is 1.32 bits per heavy atom. The number of amides is 1. The maximum absolute atomic E-state index is 11.9. The van der Waals surface area contributed by atoms with Crippen molar-refractivity contribution in [1.82, 2.24) is 5.01 Å². The van der Waals surface area contributed by atoms with Crippen molar-refractivity contribution in [1.29, 1.82) is 0 Å². The third-order valence-electron chi connectivity index (χ3n) is 3.82. The number of rotatable bonds is 2. The highest BCUT2D eigenvalue weighted by Crippen LogP contribution is 2.39. The predicted octanol–water partition coefficient (Wildman–Crippen LogP) is 3.17. The summed E-state index contributed by atoms with van der Waals surface area (Å²) in [5.41, 5.74) is 1.96. The molecule has 0 bridgehead atoms. The highest BCUT2D eigenvalue weighted by atomic mass is 32.1. The first-order chi connectivity index (χ1) is 10.7. The summed E-state index contributed by atoms with van der Waals surface area (Å²) in [5, 5.41) is 8.10. The molecule has 0 aliphatic carbocycles. The molecule has 1 aromatic carbocycles. The van der Waals surface area contributed by atoms with Crippen molar-refractivity contribution < 1.29 is 14.3 Å². The lowest BCUT2D eigenvalue weighted by Crippen LogP contribution is -2.24. The largest absolute Gasteiger partial charge is 0.454 e. The van der Waals surface area contributed by atoms with E-state index < -0.39 is 0 Å². The molecule has 4 rings (SSSR count). The zero-order valence-electron chi connectivity index (χ0n) is 12.0. The molecule has 0 N–H and O–H groups in total. The molecule has 0 fully saturated rings. The number of hydrogen-bond acceptors (Lipinski definition) is 5. The van der Waals surface area contributed by atoms with Crippen LogP contribution in [0.25, 0.3) is 0 Å². The summed E-state index contributed by atoms with van der Waals surface area (Å²) in [6, 6.07) is 9.73. The minimum Gasteiger partial charge on any atom is -0.454 e. The van der Waals surface area contributed by atoms with Gasteiger partial charge in [0.2, 0.25) is 12.7 Å². The Balaban J connectivity index is 1.68. The third-order valence-corrected chi connectivity index (χ3v) is 4.74. The van der Waals surface area contributed by atoms with Crippen molar-refractivity contribution in [3.8, 4) is 11.5 Å². The quantitative estimate of drug-likeness (QED) is 0.855. The summed E-state index contributed by atoms with van der Waals surface area (Å²) in [5.74, 6) is 1.41. The highest BCUT2D eigenvalue weighted by molar-refractivity contribution is 7.12. The van der Waals surface area contributed by atoms with Gasteiger partial charge < -0.3 is 9.47 Å². The zero-order chi connectivity index (χ0) is 15.1. The topological polar surface area (TPSA) is 51.1 Å². The Bertz CT molecular complexity index is 755. The van der Waals surface area contributed by atoms with Gasteiger partial charge in [0, 0.05) is 13.3 Å². The van der Waals surface area contributed by atoms with Gasteiger partial charge in [-0.3, -0.25) is 4.79 Å². The van der Waals surface area contributed by atoms with Crippen LogP contribution in [0.3, 0.4) is 0 Å². The van der Waals surface area contributed by atoms with Gasteiger partial charge in [-0.25, -0.2) is 5.01 Å². The summed E-state index contributed by atoms with van der Waals surface area (Å²) in [6.45, 7) is 1.79. The molecule has 0 saturated heterocycles. The minimum atomic E-state index is -0.0934. The molecule has 0 saturated carbocycles. The van der Waals surface area contributed by atoms with Gasteiger partial charge in [0.1, 0.15) is 0 Å². The maximum Gasteiger partial charge on any atom is 0.240 e. The molecule has 2 aliphatic heterocycles. The number of fused-ring (bicyclic) bond motifs is 1. The van der Waals surface area contributed by atoms with Crippen molar-refractivity contribution in [2.75, 3.05) is 6.79 Å². The van der Waals surface area contributed by atoms with Gasteiger partial charge in [0.05, 0.1) is 16.6 Å². The highest BCUT2D eigenvalue weighted by Gasteiger charge is 2.32. The van der Waals surface area contributed by atoms with Crippen LogP contribution < -0.4 is 9.47 Å². The number of hydrogen-bond donors (Lipinski definition) is 0. The first kappa shape index (κ1) is 13.3. The first-order valence-corrected chi connectivity index (χ1v) is 7.91. The van der Waals surface area contributed by atoms with Crippen LogP contribution in [0.1, 0.15) is 29.8 Å². The molecule has 2 aliphatic rings. The van der Waals surface area contributed by atoms with Crippen LogP contribution in [0.15, 0.2) is 40.8 Å². The summed E-state index contributed by atoms with van der Waals surface area (Å²) in [7, 11) is 0. The van der Waals surface area contributed by atoms with Crippen molar-refractivity contribution in [2.45, 2.75) is 19.4 Å². The molecule has 3 heterocycles. The van der Waals surface area contributed by atoms with Gasteiger partial charge in [-0.2, -0.15) is 5.10 Å². The van der Waals surface area contributed by atoms with E-state index in [4.69, 9.17) is 9.47 Å². The van der Waals surface area contributed by atoms with Gasteiger partial charge in [-0.1, -0.05) is 12.1 Å². The molecule has 1 amide bonds. The standard InChI is InChI=1S/C16H14N2O3S/c1-10(19)18-13(8-12(17-18)16-3-2-6-22-16)11-4-5-14-15(7-11)21-9-20-14/h2-7,13H,8-9H2,1H3/t13-/m1/s1. The van der Waals surface area contributed by atoms with Crippen molar-refractivity contribution in [3.63, 3.8) is 0 Å². The molecule has 22 heavy (non-hydrogen) atoms. The average molecular weight is 314 g/mol. The van der Waals surface area contributed by atoms with Crippen LogP contribution in [0.4, 0.5) is 0 Å². The molecule has 5 nitrogen and oxygen atoms in total. The Labute approximate surface area is 131 Å². The van der Waals surface area contributed by atoms with Crippen LogP contribution in [-0.2, 0) is 4.79 Å². The van der Waals surface area contributed by atoms with Gasteiger partial charge in [0.25, 0.3) is 0 Å². The fraction of sp³-hybridized carbons (Fsp3) is 0.250. The van der Waals surface area contributed by atoms with Crippen molar-refractivity contribution in [2.24, 2.45) is 5.10 Å². The van der Waals surface area contributed by atoms with Crippen LogP contribution in [-0.4, -0.2) is 23.4 Å². The Kier molecular flexibility index (Phi) is 3.11. The normalized spacial score (nSPS) is 19.4. The van der Waals surface area contributed by atoms with Crippen molar-refractivity contribution in [3.05, 3.63) is 46.2 Å². The lowest BCUT2D eigenvalue weighted by molar-refractivity contribution is -0.130. The SMILES string of the molecule is CC(=O)N1N=C(c2cccs2)C[C@@H]1c1ccc2c(c1)OCO2. The molecule has 1 aromatic heterocycles. The molecule has 0 unspecified atom stereocenters. The van der Waals surface area contributed by atoms with Crippen molar-refractivity contribution >= 4 is 23.0 Å². The van der Waals surface area contributed by atoms with Gasteiger partial charge in [-0.05, 0) is 29.1 Å². The molecule has 1 atom stereocenters. The second-order valence-electron chi connectivity index (χ2n) is 5.22. The number of thiophene rings is 1. The second kappa shape index (κ2) is 5.14. The molecular weight excluding hydrogens is 300 g/mol. The minimum absolute atomic E-state index is 0.0609. The van der Waals surface area contributed by atoms with E-state index in [2.05, 4.69) is 5.10 Å². The number of nitrogens with zero attached hydrogens (tertiary/aromatic N) is 2. The van der Waals surface area contributed by atoms with Gasteiger partial charge in [0.15, 0.2) is 11.5 Å². The van der Waals surface area contributed by atoms with Gasteiger partial charge >= 0.3 is 0 Å². The monoisotopic (exact) mass is 314 g/mol. The second-order valence-corrected chi connectivity index (χ2v) is 6.17. The molecule has 0 spiro atoms. The molecule has 2 aromatic rings. The van der Waals surface area contributed by atoms with Crippen LogP contribution in [0, 0.1) is 0 Å². The van der Waals surface area contributed by atoms with E-state index in [0.717, 1.165) is 27.7 Å². The molecule has 112 valence electrons. The van der Waals surface area contributed by atoms with E-state index in [9.17, 15) is 4.79 Å².